The zero-order chi connectivity index (χ0) is 25.4. The number of anilines is 1. The molecule has 0 N–H and O–H groups in total. The van der Waals surface area contributed by atoms with E-state index >= 15 is 0 Å². The van der Waals surface area contributed by atoms with Crippen molar-refractivity contribution in [1.82, 2.24) is 4.90 Å². The highest BCUT2D eigenvalue weighted by molar-refractivity contribution is 6.66. The van der Waals surface area contributed by atoms with Gasteiger partial charge in [0.1, 0.15) is 0 Å². The molecule has 0 spiro atoms. The molecule has 4 nitrogen and oxygen atoms in total. The maximum Gasteiger partial charge on any atom is 0.416 e. The van der Waals surface area contributed by atoms with Gasteiger partial charge in [-0.1, -0.05) is 17.7 Å². The molecule has 1 aliphatic heterocycles. The van der Waals surface area contributed by atoms with Crippen LogP contribution >= 0.6 is 23.2 Å². The molecule has 0 aliphatic carbocycles. The third kappa shape index (κ3) is 5.78. The van der Waals surface area contributed by atoms with Crippen LogP contribution < -0.4 is 4.90 Å². The molecule has 3 rings (SSSR count). The summed E-state index contributed by atoms with van der Waals surface area (Å²) >= 11 is 11.8. The van der Waals surface area contributed by atoms with E-state index in [9.17, 15) is 35.9 Å². The molecule has 12 heteroatoms. The van der Waals surface area contributed by atoms with Gasteiger partial charge in [-0.15, -0.1) is 0 Å². The Morgan fingerprint density at radius 1 is 1.03 bits per heavy atom. The van der Waals surface area contributed by atoms with Gasteiger partial charge in [-0.3, -0.25) is 14.5 Å². The Labute approximate surface area is 201 Å². The summed E-state index contributed by atoms with van der Waals surface area (Å²) in [5, 5.41) is -0.504. The fourth-order valence-electron chi connectivity index (χ4n) is 4.01. The van der Waals surface area contributed by atoms with Crippen LogP contribution in [0.1, 0.15) is 48.1 Å². The van der Waals surface area contributed by atoms with Crippen molar-refractivity contribution in [2.24, 2.45) is 0 Å². The van der Waals surface area contributed by atoms with Crippen LogP contribution in [0.5, 0.6) is 0 Å². The van der Waals surface area contributed by atoms with E-state index in [1.165, 1.54) is 28.9 Å². The summed E-state index contributed by atoms with van der Waals surface area (Å²) in [5.41, 5.74) is -2.49. The van der Waals surface area contributed by atoms with E-state index < -0.39 is 47.3 Å². The van der Waals surface area contributed by atoms with E-state index in [-0.39, 0.29) is 23.2 Å². The van der Waals surface area contributed by atoms with E-state index in [1.54, 1.807) is 6.07 Å². The highest BCUT2D eigenvalue weighted by atomic mass is 35.5. The van der Waals surface area contributed by atoms with Gasteiger partial charge in [-0.05, 0) is 65.9 Å². The average Bonchev–Trinajstić information content (AvgIpc) is 2.89. The van der Waals surface area contributed by atoms with Gasteiger partial charge in [-0.25, -0.2) is 0 Å². The molecule has 0 fully saturated rings. The van der Waals surface area contributed by atoms with Gasteiger partial charge >= 0.3 is 17.7 Å². The number of amides is 2. The number of alkyl halides is 6. The number of hydrogen-bond acceptors (Lipinski definition) is 2. The standard InChI is InChI=1S/C22H18Cl2F6N2O2/c1-12(33)32(11-13-7-14(21(25,26)27)9-15(8-13)22(28,29)30)18-3-2-6-31(20(24)34)19-10-16(23)4-5-17(18)19/h4-5,7-10,18H,2-3,6,11H2,1H3. The minimum Gasteiger partial charge on any atom is -0.331 e. The number of carbonyl (C=O) groups excluding carboxylic acids is 2. The predicted octanol–water partition coefficient (Wildman–Crippen LogP) is 7.43. The second-order valence-electron chi connectivity index (χ2n) is 7.83. The van der Waals surface area contributed by atoms with E-state index in [2.05, 4.69) is 0 Å². The van der Waals surface area contributed by atoms with E-state index in [1.807, 2.05) is 0 Å². The summed E-state index contributed by atoms with van der Waals surface area (Å²) in [5.74, 6) is -0.567. The quantitative estimate of drug-likeness (QED) is 0.237. The lowest BCUT2D eigenvalue weighted by atomic mass is 9.98. The molecular weight excluding hydrogens is 509 g/mol. The smallest absolute Gasteiger partial charge is 0.331 e. The first kappa shape index (κ1) is 26.2. The van der Waals surface area contributed by atoms with Crippen molar-refractivity contribution in [2.75, 3.05) is 11.4 Å². The molecule has 2 amide bonds. The molecular formula is C22H18Cl2F6N2O2. The SMILES string of the molecule is CC(=O)N(Cc1cc(C(F)(F)F)cc(C(F)(F)F)c1)C1CCCN(C(=O)Cl)c2cc(Cl)ccc21. The fraction of sp³-hybridized carbons (Fsp3) is 0.364. The van der Waals surface area contributed by atoms with Crippen molar-refractivity contribution in [3.05, 3.63) is 63.7 Å². The van der Waals surface area contributed by atoms with Crippen molar-refractivity contribution in [2.45, 2.75) is 44.7 Å². The Bertz CT molecular complexity index is 1070. The first-order valence-corrected chi connectivity index (χ1v) is 10.8. The van der Waals surface area contributed by atoms with Crippen molar-refractivity contribution in [3.63, 3.8) is 0 Å². The number of rotatable bonds is 3. The fourth-order valence-corrected chi connectivity index (χ4v) is 4.35. The molecule has 0 radical (unpaired) electrons. The van der Waals surface area contributed by atoms with Gasteiger partial charge in [0.25, 0.3) is 0 Å². The first-order chi connectivity index (χ1) is 15.7. The monoisotopic (exact) mass is 526 g/mol. The summed E-state index contributed by atoms with van der Waals surface area (Å²) < 4.78 is 79.7. The topological polar surface area (TPSA) is 40.6 Å². The van der Waals surface area contributed by atoms with E-state index in [0.29, 0.717) is 36.2 Å². The summed E-state index contributed by atoms with van der Waals surface area (Å²) in [4.78, 5) is 27.0. The van der Waals surface area contributed by atoms with E-state index in [4.69, 9.17) is 23.2 Å². The molecule has 2 aromatic rings. The number of fused-ring (bicyclic) bond motifs is 1. The summed E-state index contributed by atoms with van der Waals surface area (Å²) in [7, 11) is 0. The molecule has 0 saturated heterocycles. The third-order valence-electron chi connectivity index (χ3n) is 5.49. The number of carbonyl (C=O) groups is 2. The van der Waals surface area contributed by atoms with Gasteiger partial charge in [-0.2, -0.15) is 26.3 Å². The van der Waals surface area contributed by atoms with Crippen LogP contribution in [0.4, 0.5) is 36.8 Å². The molecule has 0 bridgehead atoms. The lowest BCUT2D eigenvalue weighted by molar-refractivity contribution is -0.143. The van der Waals surface area contributed by atoms with Gasteiger partial charge in [0.15, 0.2) is 0 Å². The van der Waals surface area contributed by atoms with Crippen molar-refractivity contribution < 1.29 is 35.9 Å². The minimum absolute atomic E-state index is 0.0362. The van der Waals surface area contributed by atoms with Crippen LogP contribution in [-0.4, -0.2) is 22.7 Å². The Morgan fingerprint density at radius 3 is 2.12 bits per heavy atom. The molecule has 34 heavy (non-hydrogen) atoms. The third-order valence-corrected chi connectivity index (χ3v) is 5.93. The number of halogens is 8. The molecule has 0 aromatic heterocycles. The highest BCUT2D eigenvalue weighted by Crippen LogP contribution is 2.41. The Hall–Kier alpha value is -2.46. The number of benzene rings is 2. The van der Waals surface area contributed by atoms with Gasteiger partial charge < -0.3 is 4.90 Å². The molecule has 1 atom stereocenters. The zero-order valence-electron chi connectivity index (χ0n) is 17.6. The molecule has 2 aromatic carbocycles. The molecule has 1 unspecified atom stereocenters. The molecule has 1 aliphatic rings. The van der Waals surface area contributed by atoms with Gasteiger partial charge in [0.2, 0.25) is 5.91 Å². The normalized spacial score (nSPS) is 16.6. The van der Waals surface area contributed by atoms with Gasteiger partial charge in [0.05, 0.1) is 22.9 Å². The van der Waals surface area contributed by atoms with Crippen LogP contribution in [0, 0.1) is 0 Å². The Balaban J connectivity index is 2.09. The average molecular weight is 527 g/mol. The van der Waals surface area contributed by atoms with Crippen LogP contribution in [0.15, 0.2) is 36.4 Å². The van der Waals surface area contributed by atoms with Crippen molar-refractivity contribution in [1.29, 1.82) is 0 Å². The Kier molecular flexibility index (Phi) is 7.43. The van der Waals surface area contributed by atoms with Gasteiger partial charge in [0, 0.05) is 25.0 Å². The lowest BCUT2D eigenvalue weighted by Gasteiger charge is -2.32. The van der Waals surface area contributed by atoms with Crippen LogP contribution in [0.3, 0.4) is 0 Å². The molecule has 1 heterocycles. The lowest BCUT2D eigenvalue weighted by Crippen LogP contribution is -2.33. The summed E-state index contributed by atoms with van der Waals surface area (Å²) in [6, 6.07) is 5.03. The summed E-state index contributed by atoms with van der Waals surface area (Å²) in [6.45, 7) is 0.854. The number of nitrogens with zero attached hydrogens (tertiary/aromatic N) is 2. The van der Waals surface area contributed by atoms with Crippen LogP contribution in [0.2, 0.25) is 5.02 Å². The second kappa shape index (κ2) is 9.65. The molecule has 184 valence electrons. The highest BCUT2D eigenvalue weighted by Gasteiger charge is 2.38. The largest absolute Gasteiger partial charge is 0.416 e. The predicted molar refractivity (Wildman–Crippen MR) is 115 cm³/mol. The van der Waals surface area contributed by atoms with Crippen molar-refractivity contribution in [3.8, 4) is 0 Å². The second-order valence-corrected chi connectivity index (χ2v) is 8.59. The zero-order valence-corrected chi connectivity index (χ0v) is 19.1. The van der Waals surface area contributed by atoms with E-state index in [0.717, 1.165) is 0 Å². The maximum atomic E-state index is 13.3. The van der Waals surface area contributed by atoms with Crippen LogP contribution in [0.25, 0.3) is 0 Å². The van der Waals surface area contributed by atoms with Crippen LogP contribution in [-0.2, 0) is 23.7 Å². The maximum absolute atomic E-state index is 13.3. The Morgan fingerprint density at radius 2 is 1.62 bits per heavy atom. The number of hydrogen-bond donors (Lipinski definition) is 0. The van der Waals surface area contributed by atoms with Crippen molar-refractivity contribution >= 4 is 40.2 Å². The molecule has 0 saturated carbocycles. The first-order valence-electron chi connectivity index (χ1n) is 10.0. The summed E-state index contributed by atoms with van der Waals surface area (Å²) in [6.07, 6.45) is -9.36. The minimum atomic E-state index is -5.01.